The molecule has 0 bridgehead atoms. The van der Waals surface area contributed by atoms with E-state index >= 15 is 0 Å². The van der Waals surface area contributed by atoms with E-state index in [9.17, 15) is 14.4 Å². The smallest absolute Gasteiger partial charge is 0.323 e. The first kappa shape index (κ1) is 19.9. The number of aromatic nitrogens is 2. The molecule has 30 heavy (non-hydrogen) atoms. The molecule has 1 atom stereocenters. The van der Waals surface area contributed by atoms with Gasteiger partial charge in [0.2, 0.25) is 0 Å². The molecule has 0 saturated carbocycles. The molecule has 8 nitrogen and oxygen atoms in total. The van der Waals surface area contributed by atoms with Crippen molar-refractivity contribution >= 4 is 34.2 Å². The summed E-state index contributed by atoms with van der Waals surface area (Å²) in [4.78, 5) is 42.6. The van der Waals surface area contributed by atoms with Crippen LogP contribution in [0.2, 0.25) is 0 Å². The van der Waals surface area contributed by atoms with Crippen molar-refractivity contribution in [3.63, 3.8) is 0 Å². The van der Waals surface area contributed by atoms with Crippen molar-refractivity contribution in [3.8, 4) is 0 Å². The molecule has 4 N–H and O–H groups in total. The molecular formula is C22H24N4O4. The summed E-state index contributed by atoms with van der Waals surface area (Å²) < 4.78 is 5.43. The van der Waals surface area contributed by atoms with Gasteiger partial charge in [0.15, 0.2) is 0 Å². The quantitative estimate of drug-likeness (QED) is 0.531. The molecule has 2 heterocycles. The lowest BCUT2D eigenvalue weighted by molar-refractivity contribution is -0.124. The van der Waals surface area contributed by atoms with E-state index in [2.05, 4.69) is 20.6 Å². The van der Waals surface area contributed by atoms with Crippen LogP contribution in [0.15, 0.2) is 29.1 Å². The van der Waals surface area contributed by atoms with Crippen LogP contribution in [-0.4, -0.2) is 34.5 Å². The van der Waals surface area contributed by atoms with E-state index in [0.717, 1.165) is 23.1 Å². The molecule has 2 amide bonds. The second kappa shape index (κ2) is 7.79. The first-order valence-electron chi connectivity index (χ1n) is 9.90. The number of anilines is 2. The molecule has 1 unspecified atom stereocenters. The molecule has 156 valence electrons. The lowest BCUT2D eigenvalue weighted by Gasteiger charge is -2.15. The number of ether oxygens (including phenoxy) is 1. The van der Waals surface area contributed by atoms with Crippen molar-refractivity contribution in [1.82, 2.24) is 9.97 Å². The summed E-state index contributed by atoms with van der Waals surface area (Å²) in [5.41, 5.74) is 5.04. The van der Waals surface area contributed by atoms with Crippen LogP contribution in [0.3, 0.4) is 0 Å². The van der Waals surface area contributed by atoms with E-state index in [1.807, 2.05) is 26.8 Å². The average Bonchev–Trinajstić information content (AvgIpc) is 3.36. The highest BCUT2D eigenvalue weighted by Gasteiger charge is 2.24. The Morgan fingerprint density at radius 2 is 1.87 bits per heavy atom. The van der Waals surface area contributed by atoms with Gasteiger partial charge >= 0.3 is 5.69 Å². The van der Waals surface area contributed by atoms with Gasteiger partial charge in [-0.2, -0.15) is 0 Å². The van der Waals surface area contributed by atoms with Gasteiger partial charge < -0.3 is 25.3 Å². The van der Waals surface area contributed by atoms with Gasteiger partial charge in [-0.3, -0.25) is 9.59 Å². The summed E-state index contributed by atoms with van der Waals surface area (Å²) in [6.45, 7) is 6.26. The molecule has 0 radical (unpaired) electrons. The third kappa shape index (κ3) is 3.73. The number of benzene rings is 2. The zero-order valence-electron chi connectivity index (χ0n) is 17.1. The maximum absolute atomic E-state index is 13.0. The Morgan fingerprint density at radius 3 is 2.60 bits per heavy atom. The zero-order valence-corrected chi connectivity index (χ0v) is 17.1. The molecule has 3 aromatic rings. The minimum Gasteiger partial charge on any atom is -0.368 e. The standard InChI is InChI=1S/C22H24N4O4/c1-11-6-7-14(10-15(11)23-21(28)17-5-4-8-30-17)20(27)25-18-13(3)12(2)9-16-19(18)26-22(29)24-16/h6-7,9-10,17H,4-5,8H2,1-3H3,(H,23,28)(H,25,27)(H2,24,26,29). The van der Waals surface area contributed by atoms with E-state index in [1.54, 1.807) is 18.2 Å². The van der Waals surface area contributed by atoms with Crippen LogP contribution in [-0.2, 0) is 9.53 Å². The topological polar surface area (TPSA) is 116 Å². The average molecular weight is 408 g/mol. The van der Waals surface area contributed by atoms with Gasteiger partial charge in [-0.25, -0.2) is 4.79 Å². The minimum atomic E-state index is -0.449. The van der Waals surface area contributed by atoms with E-state index in [0.29, 0.717) is 41.0 Å². The van der Waals surface area contributed by atoms with Gasteiger partial charge in [-0.05, 0) is 68.5 Å². The van der Waals surface area contributed by atoms with Gasteiger partial charge in [-0.15, -0.1) is 0 Å². The third-order valence-corrected chi connectivity index (χ3v) is 5.55. The summed E-state index contributed by atoms with van der Waals surface area (Å²) in [5, 5.41) is 5.78. The van der Waals surface area contributed by atoms with Crippen molar-refractivity contribution in [3.05, 3.63) is 57.0 Å². The normalized spacial score (nSPS) is 16.0. The van der Waals surface area contributed by atoms with E-state index in [-0.39, 0.29) is 17.5 Å². The monoisotopic (exact) mass is 408 g/mol. The highest BCUT2D eigenvalue weighted by atomic mass is 16.5. The van der Waals surface area contributed by atoms with Crippen molar-refractivity contribution < 1.29 is 14.3 Å². The molecular weight excluding hydrogens is 384 g/mol. The lowest BCUT2D eigenvalue weighted by atomic mass is 10.0. The highest BCUT2D eigenvalue weighted by molar-refractivity contribution is 6.09. The highest BCUT2D eigenvalue weighted by Crippen LogP contribution is 2.28. The molecule has 1 fully saturated rings. The number of rotatable bonds is 4. The number of aromatic amines is 2. The SMILES string of the molecule is Cc1ccc(C(=O)Nc2c(C)c(C)cc3[nH]c(=O)[nH]c23)cc1NC(=O)C1CCCO1. The van der Waals surface area contributed by atoms with Crippen molar-refractivity contribution in [2.75, 3.05) is 17.2 Å². The first-order valence-corrected chi connectivity index (χ1v) is 9.90. The summed E-state index contributed by atoms with van der Waals surface area (Å²) in [6.07, 6.45) is 1.11. The lowest BCUT2D eigenvalue weighted by Crippen LogP contribution is -2.27. The number of hydrogen-bond acceptors (Lipinski definition) is 4. The second-order valence-corrected chi connectivity index (χ2v) is 7.67. The molecule has 0 aliphatic carbocycles. The number of nitrogens with one attached hydrogen (secondary N) is 4. The maximum Gasteiger partial charge on any atom is 0.323 e. The van der Waals surface area contributed by atoms with E-state index in [4.69, 9.17) is 4.74 Å². The molecule has 1 aliphatic rings. The Hall–Kier alpha value is -3.39. The van der Waals surface area contributed by atoms with Gasteiger partial charge in [0, 0.05) is 17.9 Å². The second-order valence-electron chi connectivity index (χ2n) is 7.67. The van der Waals surface area contributed by atoms with Crippen LogP contribution >= 0.6 is 0 Å². The Kier molecular flexibility index (Phi) is 5.17. The number of carbonyl (C=O) groups excluding carboxylic acids is 2. The number of carbonyl (C=O) groups is 2. The van der Waals surface area contributed by atoms with Crippen LogP contribution in [0.1, 0.15) is 39.9 Å². The fraction of sp³-hybridized carbons (Fsp3) is 0.318. The molecule has 2 aromatic carbocycles. The van der Waals surface area contributed by atoms with Crippen LogP contribution in [0.5, 0.6) is 0 Å². The summed E-state index contributed by atoms with van der Waals surface area (Å²) in [6, 6.07) is 7.01. The zero-order chi connectivity index (χ0) is 21.4. The first-order chi connectivity index (χ1) is 14.3. The van der Waals surface area contributed by atoms with Crippen molar-refractivity contribution in [2.45, 2.75) is 39.7 Å². The van der Waals surface area contributed by atoms with Gasteiger partial charge in [0.25, 0.3) is 11.8 Å². The predicted molar refractivity (Wildman–Crippen MR) is 115 cm³/mol. The van der Waals surface area contributed by atoms with E-state index < -0.39 is 6.10 Å². The number of imidazole rings is 1. The van der Waals surface area contributed by atoms with Gasteiger partial charge in [-0.1, -0.05) is 6.07 Å². The van der Waals surface area contributed by atoms with Crippen LogP contribution in [0.4, 0.5) is 11.4 Å². The fourth-order valence-corrected chi connectivity index (χ4v) is 3.65. The predicted octanol–water partition coefficient (Wildman–Crippen LogP) is 3.15. The largest absolute Gasteiger partial charge is 0.368 e. The van der Waals surface area contributed by atoms with Crippen LogP contribution in [0.25, 0.3) is 11.0 Å². The third-order valence-electron chi connectivity index (χ3n) is 5.55. The van der Waals surface area contributed by atoms with Crippen molar-refractivity contribution in [2.24, 2.45) is 0 Å². The summed E-state index contributed by atoms with van der Waals surface area (Å²) >= 11 is 0. The molecule has 4 rings (SSSR count). The minimum absolute atomic E-state index is 0.200. The van der Waals surface area contributed by atoms with Crippen LogP contribution in [0, 0.1) is 20.8 Å². The van der Waals surface area contributed by atoms with Gasteiger partial charge in [0.05, 0.1) is 16.7 Å². The summed E-state index contributed by atoms with van der Waals surface area (Å²) in [5.74, 6) is -0.533. The van der Waals surface area contributed by atoms with Crippen molar-refractivity contribution in [1.29, 1.82) is 0 Å². The Morgan fingerprint density at radius 1 is 1.07 bits per heavy atom. The van der Waals surface area contributed by atoms with Crippen LogP contribution < -0.4 is 16.3 Å². The fourth-order valence-electron chi connectivity index (χ4n) is 3.65. The Balaban J connectivity index is 1.61. The molecule has 8 heteroatoms. The molecule has 0 spiro atoms. The number of amides is 2. The van der Waals surface area contributed by atoms with Gasteiger partial charge in [0.1, 0.15) is 6.10 Å². The molecule has 1 aromatic heterocycles. The number of aryl methyl sites for hydroxylation is 2. The Bertz CT molecular complexity index is 1200. The number of H-pyrrole nitrogens is 2. The number of fused-ring (bicyclic) bond motifs is 1. The molecule has 1 saturated heterocycles. The number of hydrogen-bond donors (Lipinski definition) is 4. The Labute approximate surface area is 173 Å². The van der Waals surface area contributed by atoms with E-state index in [1.165, 1.54) is 0 Å². The maximum atomic E-state index is 13.0. The summed E-state index contributed by atoms with van der Waals surface area (Å²) in [7, 11) is 0. The molecule has 1 aliphatic heterocycles.